The number of amides is 1. The van der Waals surface area contributed by atoms with Crippen molar-refractivity contribution in [2.24, 2.45) is 11.7 Å². The third kappa shape index (κ3) is 6.90. The largest absolute Gasteiger partial charge is 0.464 e. The monoisotopic (exact) mass is 419 g/mol. The summed E-state index contributed by atoms with van der Waals surface area (Å²) >= 11 is 1.54. The van der Waals surface area contributed by atoms with E-state index in [0.29, 0.717) is 11.6 Å². The predicted molar refractivity (Wildman–Crippen MR) is 113 cm³/mol. The number of esters is 1. The molecule has 7 nitrogen and oxygen atoms in total. The summed E-state index contributed by atoms with van der Waals surface area (Å²) in [7, 11) is 0. The SMILES string of the molecule is CCOC(=O)C(CSCc1ccccc1)NC(=O)c1coc(C(N)C(C)CC)n1. The van der Waals surface area contributed by atoms with Crippen molar-refractivity contribution in [1.82, 2.24) is 10.3 Å². The molecule has 0 radical (unpaired) electrons. The van der Waals surface area contributed by atoms with Gasteiger partial charge in [0.2, 0.25) is 5.89 Å². The molecular weight excluding hydrogens is 390 g/mol. The van der Waals surface area contributed by atoms with Gasteiger partial charge in [0.05, 0.1) is 12.6 Å². The molecule has 0 saturated heterocycles. The van der Waals surface area contributed by atoms with E-state index in [1.165, 1.54) is 6.26 Å². The molecule has 158 valence electrons. The van der Waals surface area contributed by atoms with Crippen LogP contribution in [-0.4, -0.2) is 35.3 Å². The van der Waals surface area contributed by atoms with Crippen molar-refractivity contribution in [3.05, 3.63) is 53.7 Å². The van der Waals surface area contributed by atoms with Gasteiger partial charge in [-0.15, -0.1) is 0 Å². The van der Waals surface area contributed by atoms with Crippen LogP contribution in [0.15, 0.2) is 41.0 Å². The molecule has 1 amide bonds. The Kier molecular flexibility index (Phi) is 9.21. The molecule has 0 spiro atoms. The summed E-state index contributed by atoms with van der Waals surface area (Å²) in [5.74, 6) is 0.638. The minimum Gasteiger partial charge on any atom is -0.464 e. The molecule has 8 heteroatoms. The topological polar surface area (TPSA) is 107 Å². The van der Waals surface area contributed by atoms with E-state index in [4.69, 9.17) is 14.9 Å². The van der Waals surface area contributed by atoms with E-state index < -0.39 is 17.9 Å². The molecule has 1 heterocycles. The average molecular weight is 420 g/mol. The maximum Gasteiger partial charge on any atom is 0.329 e. The van der Waals surface area contributed by atoms with E-state index in [-0.39, 0.29) is 24.3 Å². The minimum atomic E-state index is -0.778. The quantitative estimate of drug-likeness (QED) is 0.538. The molecule has 0 aliphatic heterocycles. The number of carbonyl (C=O) groups excluding carboxylic acids is 2. The molecule has 3 unspecified atom stereocenters. The fraction of sp³-hybridized carbons (Fsp3) is 0.476. The molecule has 3 N–H and O–H groups in total. The highest BCUT2D eigenvalue weighted by atomic mass is 32.2. The summed E-state index contributed by atoms with van der Waals surface area (Å²) in [5, 5.41) is 2.70. The molecule has 1 aromatic heterocycles. The Morgan fingerprint density at radius 3 is 2.66 bits per heavy atom. The van der Waals surface area contributed by atoms with Gasteiger partial charge in [0.15, 0.2) is 5.69 Å². The Morgan fingerprint density at radius 1 is 1.28 bits per heavy atom. The normalized spacial score (nSPS) is 14.1. The summed E-state index contributed by atoms with van der Waals surface area (Å²) in [5.41, 5.74) is 7.35. The van der Waals surface area contributed by atoms with Crippen molar-refractivity contribution in [1.29, 1.82) is 0 Å². The first-order chi connectivity index (χ1) is 14.0. The molecule has 0 fully saturated rings. The van der Waals surface area contributed by atoms with Crippen LogP contribution in [0.3, 0.4) is 0 Å². The third-order valence-corrected chi connectivity index (χ3v) is 5.68. The average Bonchev–Trinajstić information content (AvgIpc) is 3.23. The Bertz CT molecular complexity index is 781. The number of ether oxygens (including phenoxy) is 1. The molecule has 0 aliphatic rings. The summed E-state index contributed by atoms with van der Waals surface area (Å²) in [6.45, 7) is 5.99. The number of oxazole rings is 1. The van der Waals surface area contributed by atoms with Crippen LogP contribution in [0, 0.1) is 5.92 Å². The van der Waals surface area contributed by atoms with Crippen LogP contribution in [0.5, 0.6) is 0 Å². The lowest BCUT2D eigenvalue weighted by Crippen LogP contribution is -2.43. The second kappa shape index (κ2) is 11.6. The number of carbonyl (C=O) groups is 2. The van der Waals surface area contributed by atoms with Gasteiger partial charge in [-0.25, -0.2) is 9.78 Å². The number of hydrogen-bond acceptors (Lipinski definition) is 7. The second-order valence-electron chi connectivity index (χ2n) is 6.76. The van der Waals surface area contributed by atoms with Crippen molar-refractivity contribution in [3.63, 3.8) is 0 Å². The van der Waals surface area contributed by atoms with Crippen molar-refractivity contribution in [2.45, 2.75) is 45.0 Å². The van der Waals surface area contributed by atoms with Crippen LogP contribution in [0.1, 0.15) is 55.2 Å². The molecule has 2 aromatic rings. The number of rotatable bonds is 11. The number of nitrogens with two attached hydrogens (primary N) is 1. The smallest absolute Gasteiger partial charge is 0.329 e. The fourth-order valence-corrected chi connectivity index (χ4v) is 3.56. The number of aromatic nitrogens is 1. The second-order valence-corrected chi connectivity index (χ2v) is 7.79. The Hall–Kier alpha value is -2.32. The maximum absolute atomic E-state index is 12.6. The summed E-state index contributed by atoms with van der Waals surface area (Å²) in [6, 6.07) is 8.75. The van der Waals surface area contributed by atoms with E-state index in [9.17, 15) is 9.59 Å². The molecule has 3 atom stereocenters. The van der Waals surface area contributed by atoms with Gasteiger partial charge >= 0.3 is 5.97 Å². The van der Waals surface area contributed by atoms with Gasteiger partial charge in [0.25, 0.3) is 5.91 Å². The van der Waals surface area contributed by atoms with E-state index >= 15 is 0 Å². The lowest BCUT2D eigenvalue weighted by molar-refractivity contribution is -0.144. The third-order valence-electron chi connectivity index (χ3n) is 4.57. The lowest BCUT2D eigenvalue weighted by Gasteiger charge is -2.16. The number of thioether (sulfide) groups is 1. The highest BCUT2D eigenvalue weighted by molar-refractivity contribution is 7.98. The fourth-order valence-electron chi connectivity index (χ4n) is 2.55. The first-order valence-electron chi connectivity index (χ1n) is 9.76. The number of nitrogens with zero attached hydrogens (tertiary/aromatic N) is 1. The van der Waals surface area contributed by atoms with E-state index in [1.807, 2.05) is 44.2 Å². The number of hydrogen-bond donors (Lipinski definition) is 2. The van der Waals surface area contributed by atoms with E-state index in [0.717, 1.165) is 17.7 Å². The predicted octanol–water partition coefficient (Wildman–Crippen LogP) is 3.32. The van der Waals surface area contributed by atoms with Gasteiger partial charge in [-0.05, 0) is 18.4 Å². The van der Waals surface area contributed by atoms with Crippen LogP contribution in [0.25, 0.3) is 0 Å². The first-order valence-corrected chi connectivity index (χ1v) is 10.9. The van der Waals surface area contributed by atoms with Gasteiger partial charge in [-0.3, -0.25) is 4.79 Å². The molecule has 1 aromatic carbocycles. The zero-order chi connectivity index (χ0) is 21.2. The minimum absolute atomic E-state index is 0.0983. The summed E-state index contributed by atoms with van der Waals surface area (Å²) < 4.78 is 10.5. The van der Waals surface area contributed by atoms with Gasteiger partial charge in [0, 0.05) is 11.5 Å². The summed E-state index contributed by atoms with van der Waals surface area (Å²) in [6.07, 6.45) is 2.14. The molecule has 2 rings (SSSR count). The Morgan fingerprint density at radius 2 is 2.00 bits per heavy atom. The summed E-state index contributed by atoms with van der Waals surface area (Å²) in [4.78, 5) is 29.1. The van der Waals surface area contributed by atoms with Crippen LogP contribution >= 0.6 is 11.8 Å². The molecule has 0 aliphatic carbocycles. The molecule has 0 bridgehead atoms. The number of benzene rings is 1. The molecule has 29 heavy (non-hydrogen) atoms. The number of nitrogens with one attached hydrogen (secondary N) is 1. The van der Waals surface area contributed by atoms with Crippen molar-refractivity contribution < 1.29 is 18.7 Å². The Balaban J connectivity index is 1.99. The van der Waals surface area contributed by atoms with E-state index in [1.54, 1.807) is 18.7 Å². The molecule has 0 saturated carbocycles. The van der Waals surface area contributed by atoms with Crippen LogP contribution in [0.4, 0.5) is 0 Å². The highest BCUT2D eigenvalue weighted by Crippen LogP contribution is 2.21. The van der Waals surface area contributed by atoms with Crippen molar-refractivity contribution in [3.8, 4) is 0 Å². The first kappa shape index (κ1) is 23.0. The Labute approximate surface area is 175 Å². The zero-order valence-corrected chi connectivity index (χ0v) is 17.9. The standard InChI is InChI=1S/C21H29N3O4S/c1-4-14(3)18(22)20-24-16(11-28-20)19(25)23-17(21(26)27-5-2)13-29-12-15-9-7-6-8-10-15/h6-11,14,17-18H,4-5,12-13,22H2,1-3H3,(H,23,25). The van der Waals surface area contributed by atoms with Gasteiger partial charge in [-0.2, -0.15) is 11.8 Å². The zero-order valence-electron chi connectivity index (χ0n) is 17.1. The maximum atomic E-state index is 12.6. The molecular formula is C21H29N3O4S. The van der Waals surface area contributed by atoms with Gasteiger partial charge < -0.3 is 20.2 Å². The van der Waals surface area contributed by atoms with Gasteiger partial charge in [0.1, 0.15) is 12.3 Å². The van der Waals surface area contributed by atoms with E-state index in [2.05, 4.69) is 10.3 Å². The highest BCUT2D eigenvalue weighted by Gasteiger charge is 2.26. The van der Waals surface area contributed by atoms with Crippen molar-refractivity contribution in [2.75, 3.05) is 12.4 Å². The van der Waals surface area contributed by atoms with Crippen LogP contribution in [0.2, 0.25) is 0 Å². The van der Waals surface area contributed by atoms with Crippen LogP contribution in [-0.2, 0) is 15.3 Å². The lowest BCUT2D eigenvalue weighted by atomic mass is 10.0. The van der Waals surface area contributed by atoms with Crippen LogP contribution < -0.4 is 11.1 Å². The van der Waals surface area contributed by atoms with Crippen molar-refractivity contribution >= 4 is 23.6 Å². The van der Waals surface area contributed by atoms with Gasteiger partial charge in [-0.1, -0.05) is 50.6 Å².